The van der Waals surface area contributed by atoms with Gasteiger partial charge in [-0.2, -0.15) is 5.10 Å². The van der Waals surface area contributed by atoms with Crippen LogP contribution in [0.15, 0.2) is 73.1 Å². The fourth-order valence-electron chi connectivity index (χ4n) is 5.36. The van der Waals surface area contributed by atoms with E-state index in [2.05, 4.69) is 33.5 Å². The fraction of sp³-hybridized carbons (Fsp3) is 0.286. The summed E-state index contributed by atoms with van der Waals surface area (Å²) in [5, 5.41) is 8.05. The van der Waals surface area contributed by atoms with Gasteiger partial charge in [-0.3, -0.25) is 0 Å². The number of piperidine rings is 1. The highest BCUT2D eigenvalue weighted by Gasteiger charge is 2.31. The zero-order chi connectivity index (χ0) is 24.5. The second-order valence-corrected chi connectivity index (χ2v) is 9.45. The average Bonchev–Trinajstić information content (AvgIpc) is 3.55. The molecule has 2 aliphatic rings. The number of hydrogen-bond donors (Lipinski definition) is 1. The molecule has 2 aromatic carbocycles. The lowest BCUT2D eigenvalue weighted by molar-refractivity contribution is 0.175. The Balaban J connectivity index is 1.26. The van der Waals surface area contributed by atoms with Crippen molar-refractivity contribution in [3.8, 4) is 17.2 Å². The third-order valence-electron chi connectivity index (χ3n) is 7.18. The third kappa shape index (κ3) is 4.34. The van der Waals surface area contributed by atoms with Crippen LogP contribution in [0.3, 0.4) is 0 Å². The summed E-state index contributed by atoms with van der Waals surface area (Å²) in [5.74, 6) is 0.263. The van der Waals surface area contributed by atoms with Gasteiger partial charge in [0, 0.05) is 37.0 Å². The molecule has 182 valence electrons. The smallest absolute Gasteiger partial charge is 0.317 e. The van der Waals surface area contributed by atoms with Crippen LogP contribution < -0.4 is 5.32 Å². The molecule has 7 nitrogen and oxygen atoms in total. The van der Waals surface area contributed by atoms with Crippen LogP contribution >= 0.6 is 0 Å². The number of halogens is 1. The number of aromatic nitrogens is 4. The number of aryl methyl sites for hydroxylation is 1. The molecule has 3 heterocycles. The molecule has 2 aromatic heterocycles. The Hall–Kier alpha value is -4.07. The number of nitrogens with zero attached hydrogens (tertiary/aromatic N) is 5. The van der Waals surface area contributed by atoms with E-state index in [1.54, 1.807) is 35.3 Å². The van der Waals surface area contributed by atoms with Crippen LogP contribution in [0.2, 0.25) is 0 Å². The first kappa shape index (κ1) is 22.4. The Bertz CT molecular complexity index is 1370. The monoisotopic (exact) mass is 482 g/mol. The summed E-state index contributed by atoms with van der Waals surface area (Å²) in [5.41, 5.74) is 5.03. The number of urea groups is 1. The van der Waals surface area contributed by atoms with Gasteiger partial charge in [0.25, 0.3) is 5.95 Å². The first-order valence-electron chi connectivity index (χ1n) is 12.4. The predicted octanol–water partition coefficient (Wildman–Crippen LogP) is 5.04. The normalized spacial score (nSPS) is 19.2. The van der Waals surface area contributed by atoms with Gasteiger partial charge in [-0.1, -0.05) is 24.3 Å². The number of rotatable bonds is 4. The molecule has 1 aliphatic heterocycles. The summed E-state index contributed by atoms with van der Waals surface area (Å²) in [7, 11) is 0. The molecule has 1 unspecified atom stereocenters. The Morgan fingerprint density at radius 2 is 1.81 bits per heavy atom. The van der Waals surface area contributed by atoms with Gasteiger partial charge in [0.2, 0.25) is 0 Å². The second-order valence-electron chi connectivity index (χ2n) is 9.45. The number of likely N-dealkylation sites (tertiary alicyclic amines) is 1. The molecule has 36 heavy (non-hydrogen) atoms. The summed E-state index contributed by atoms with van der Waals surface area (Å²) in [4.78, 5) is 24.0. The largest absolute Gasteiger partial charge is 0.331 e. The van der Waals surface area contributed by atoms with E-state index in [1.807, 2.05) is 17.0 Å². The summed E-state index contributed by atoms with van der Waals surface area (Å²) < 4.78 is 15.3. The molecular weight excluding hydrogens is 455 g/mol. The van der Waals surface area contributed by atoms with E-state index in [0.717, 1.165) is 49.2 Å². The Kier molecular flexibility index (Phi) is 5.93. The molecule has 0 radical (unpaired) electrons. The van der Waals surface area contributed by atoms with E-state index in [1.165, 1.54) is 23.3 Å². The predicted molar refractivity (Wildman–Crippen MR) is 134 cm³/mol. The van der Waals surface area contributed by atoms with Crippen molar-refractivity contribution in [3.05, 3.63) is 95.7 Å². The van der Waals surface area contributed by atoms with Gasteiger partial charge in [-0.15, -0.1) is 0 Å². The zero-order valence-corrected chi connectivity index (χ0v) is 19.8. The molecular formula is C28H27FN6O. The molecule has 6 rings (SSSR count). The number of nitrogens with one attached hydrogen (secondary N) is 1. The molecule has 4 aromatic rings. The molecule has 0 bridgehead atoms. The quantitative estimate of drug-likeness (QED) is 0.442. The van der Waals surface area contributed by atoms with Crippen LogP contribution in [0.5, 0.6) is 0 Å². The Labute approximate surface area is 209 Å². The van der Waals surface area contributed by atoms with Gasteiger partial charge >= 0.3 is 6.03 Å². The maximum Gasteiger partial charge on any atom is 0.317 e. The minimum Gasteiger partial charge on any atom is -0.331 e. The molecule has 2 amide bonds. The van der Waals surface area contributed by atoms with Crippen LogP contribution in [0.4, 0.5) is 9.18 Å². The van der Waals surface area contributed by atoms with Gasteiger partial charge in [0.05, 0.1) is 17.4 Å². The first-order valence-corrected chi connectivity index (χ1v) is 12.4. The van der Waals surface area contributed by atoms with Crippen LogP contribution in [-0.2, 0) is 6.42 Å². The van der Waals surface area contributed by atoms with Crippen molar-refractivity contribution < 1.29 is 9.18 Å². The zero-order valence-electron chi connectivity index (χ0n) is 19.8. The Morgan fingerprint density at radius 1 is 1.00 bits per heavy atom. The molecule has 1 fully saturated rings. The molecule has 0 spiro atoms. The van der Waals surface area contributed by atoms with E-state index in [0.29, 0.717) is 12.5 Å². The summed E-state index contributed by atoms with van der Waals surface area (Å²) in [6.07, 6.45) is 7.12. The minimum absolute atomic E-state index is 0.0258. The van der Waals surface area contributed by atoms with Crippen molar-refractivity contribution in [2.24, 2.45) is 0 Å². The van der Waals surface area contributed by atoms with E-state index >= 15 is 0 Å². The van der Waals surface area contributed by atoms with E-state index < -0.39 is 0 Å². The number of carbonyl (C=O) groups excluding carboxylic acids is 1. The molecule has 1 N–H and O–H groups in total. The maximum atomic E-state index is 13.5. The van der Waals surface area contributed by atoms with Crippen molar-refractivity contribution in [3.63, 3.8) is 0 Å². The number of carbonyl (C=O) groups is 1. The van der Waals surface area contributed by atoms with Gasteiger partial charge < -0.3 is 10.2 Å². The number of fused-ring (bicyclic) bond motifs is 1. The first-order chi connectivity index (χ1) is 17.7. The number of hydrogen-bond acceptors (Lipinski definition) is 4. The molecule has 2 atom stereocenters. The lowest BCUT2D eigenvalue weighted by Crippen LogP contribution is -2.46. The van der Waals surface area contributed by atoms with E-state index in [-0.39, 0.29) is 23.8 Å². The molecule has 1 aliphatic carbocycles. The summed E-state index contributed by atoms with van der Waals surface area (Å²) >= 11 is 0. The van der Waals surface area contributed by atoms with Crippen molar-refractivity contribution in [2.45, 2.75) is 37.6 Å². The van der Waals surface area contributed by atoms with E-state index in [9.17, 15) is 9.18 Å². The van der Waals surface area contributed by atoms with Crippen LogP contribution in [0, 0.1) is 5.82 Å². The van der Waals surface area contributed by atoms with Gasteiger partial charge in [-0.05, 0) is 73.2 Å². The van der Waals surface area contributed by atoms with Crippen LogP contribution in [0.25, 0.3) is 17.2 Å². The standard InChI is InChI=1S/C28H27FN6O/c29-22-11-8-20(9-12-22)25-17-26(35(33-25)27-30-14-4-15-31-27)21-6-3-16-34(18-21)28(36)32-24-13-10-19-5-1-2-7-23(19)24/h1-2,4-5,7-9,11-12,14-15,17,21,24H,3,6,10,13,16,18H2,(H,32,36)/t21?,24-/m1/s1. The third-order valence-corrected chi connectivity index (χ3v) is 7.18. The van der Waals surface area contributed by atoms with E-state index in [4.69, 9.17) is 5.10 Å². The number of amides is 2. The number of benzene rings is 2. The molecule has 1 saturated heterocycles. The summed E-state index contributed by atoms with van der Waals surface area (Å²) in [6, 6.07) is 18.5. The van der Waals surface area contributed by atoms with Crippen molar-refractivity contribution >= 4 is 6.03 Å². The van der Waals surface area contributed by atoms with Gasteiger partial charge in [0.15, 0.2) is 0 Å². The topological polar surface area (TPSA) is 75.9 Å². The second kappa shape index (κ2) is 9.53. The highest BCUT2D eigenvalue weighted by molar-refractivity contribution is 5.75. The highest BCUT2D eigenvalue weighted by atomic mass is 19.1. The van der Waals surface area contributed by atoms with Crippen molar-refractivity contribution in [2.75, 3.05) is 13.1 Å². The lowest BCUT2D eigenvalue weighted by atomic mass is 9.94. The molecule has 8 heteroatoms. The highest BCUT2D eigenvalue weighted by Crippen LogP contribution is 2.33. The van der Waals surface area contributed by atoms with Crippen LogP contribution in [-0.4, -0.2) is 43.8 Å². The SMILES string of the molecule is O=C(N[C@@H]1CCc2ccccc21)N1CCCC(c2cc(-c3ccc(F)cc3)nn2-c2ncccn2)C1. The minimum atomic E-state index is -0.288. The Morgan fingerprint density at radius 3 is 2.64 bits per heavy atom. The van der Waals surface area contributed by atoms with Crippen LogP contribution in [0.1, 0.15) is 48.0 Å². The summed E-state index contributed by atoms with van der Waals surface area (Å²) in [6.45, 7) is 1.30. The average molecular weight is 483 g/mol. The lowest BCUT2D eigenvalue weighted by Gasteiger charge is -2.33. The fourth-order valence-corrected chi connectivity index (χ4v) is 5.36. The molecule has 0 saturated carbocycles. The van der Waals surface area contributed by atoms with Gasteiger partial charge in [0.1, 0.15) is 5.82 Å². The van der Waals surface area contributed by atoms with Crippen molar-refractivity contribution in [1.82, 2.24) is 30.0 Å². The van der Waals surface area contributed by atoms with Crippen molar-refractivity contribution in [1.29, 1.82) is 0 Å². The maximum absolute atomic E-state index is 13.5. The van der Waals surface area contributed by atoms with Gasteiger partial charge in [-0.25, -0.2) is 23.8 Å².